The molecular weight excluding hydrogens is 180 g/mol. The van der Waals surface area contributed by atoms with E-state index in [1.54, 1.807) is 11.9 Å². The van der Waals surface area contributed by atoms with Crippen LogP contribution in [0.3, 0.4) is 0 Å². The quantitative estimate of drug-likeness (QED) is 0.665. The number of carbonyl (C=O) groups is 1. The lowest BCUT2D eigenvalue weighted by molar-refractivity contribution is -0.141. The Labute approximate surface area is 85.3 Å². The smallest absolute Gasteiger partial charge is 0.229 e. The van der Waals surface area contributed by atoms with Gasteiger partial charge in [-0.25, -0.2) is 0 Å². The predicted octanol–water partition coefficient (Wildman–Crippen LogP) is -0.175. The maximum atomic E-state index is 12.0. The van der Waals surface area contributed by atoms with E-state index in [1.807, 2.05) is 13.8 Å². The first-order chi connectivity index (χ1) is 6.51. The van der Waals surface area contributed by atoms with Crippen LogP contribution in [0.1, 0.15) is 20.3 Å². The van der Waals surface area contributed by atoms with E-state index in [-0.39, 0.29) is 24.0 Å². The van der Waals surface area contributed by atoms with Gasteiger partial charge in [0.2, 0.25) is 5.91 Å². The van der Waals surface area contributed by atoms with E-state index >= 15 is 0 Å². The van der Waals surface area contributed by atoms with Crippen molar-refractivity contribution < 1.29 is 9.90 Å². The highest BCUT2D eigenvalue weighted by Gasteiger charge is 2.39. The van der Waals surface area contributed by atoms with Crippen LogP contribution in [-0.2, 0) is 4.79 Å². The van der Waals surface area contributed by atoms with Gasteiger partial charge >= 0.3 is 0 Å². The number of amides is 1. The average molecular weight is 200 g/mol. The van der Waals surface area contributed by atoms with Crippen molar-refractivity contribution in [3.8, 4) is 0 Å². The molecule has 0 aromatic rings. The molecule has 0 aromatic heterocycles. The Morgan fingerprint density at radius 3 is 2.79 bits per heavy atom. The Balaban J connectivity index is 2.63. The van der Waals surface area contributed by atoms with Crippen LogP contribution in [0.2, 0.25) is 0 Å². The molecule has 2 atom stereocenters. The molecular formula is C10H20N2O2. The molecule has 1 amide bonds. The van der Waals surface area contributed by atoms with Crippen molar-refractivity contribution in [2.75, 3.05) is 26.7 Å². The molecule has 0 aromatic carbocycles. The Kier molecular flexibility index (Phi) is 3.50. The molecule has 2 unspecified atom stereocenters. The highest BCUT2D eigenvalue weighted by Crippen LogP contribution is 2.27. The number of nitrogens with zero attached hydrogens (tertiary/aromatic N) is 1. The summed E-state index contributed by atoms with van der Waals surface area (Å²) in [5.41, 5.74) is -0.280. The average Bonchev–Trinajstić information content (AvgIpc) is 2.63. The Morgan fingerprint density at radius 2 is 2.36 bits per heavy atom. The Bertz CT molecular complexity index is 212. The van der Waals surface area contributed by atoms with Crippen LogP contribution < -0.4 is 5.32 Å². The number of rotatable bonds is 3. The zero-order valence-corrected chi connectivity index (χ0v) is 9.21. The molecule has 1 rings (SSSR count). The standard InChI is InChI=1S/C10H20N2O2/c1-8(6-13)12(3)9(14)10(2)4-5-11-7-10/h8,11,13H,4-7H2,1-3H3. The van der Waals surface area contributed by atoms with Crippen LogP contribution in [0, 0.1) is 5.41 Å². The second kappa shape index (κ2) is 4.28. The third kappa shape index (κ3) is 2.07. The van der Waals surface area contributed by atoms with Crippen molar-refractivity contribution in [1.82, 2.24) is 10.2 Å². The van der Waals surface area contributed by atoms with Crippen LogP contribution in [-0.4, -0.2) is 48.7 Å². The van der Waals surface area contributed by atoms with Gasteiger partial charge < -0.3 is 15.3 Å². The van der Waals surface area contributed by atoms with Crippen LogP contribution in [0.25, 0.3) is 0 Å². The first-order valence-electron chi connectivity index (χ1n) is 5.10. The molecule has 1 heterocycles. The summed E-state index contributed by atoms with van der Waals surface area (Å²) in [4.78, 5) is 13.7. The molecule has 0 saturated carbocycles. The van der Waals surface area contributed by atoms with Crippen LogP contribution in [0.5, 0.6) is 0 Å². The monoisotopic (exact) mass is 200 g/mol. The van der Waals surface area contributed by atoms with E-state index < -0.39 is 0 Å². The number of nitrogens with one attached hydrogen (secondary N) is 1. The van der Waals surface area contributed by atoms with Crippen LogP contribution in [0.15, 0.2) is 0 Å². The van der Waals surface area contributed by atoms with Gasteiger partial charge in [-0.3, -0.25) is 4.79 Å². The number of carbonyl (C=O) groups excluding carboxylic acids is 1. The van der Waals surface area contributed by atoms with Crippen LogP contribution >= 0.6 is 0 Å². The van der Waals surface area contributed by atoms with Crippen molar-refractivity contribution >= 4 is 5.91 Å². The van der Waals surface area contributed by atoms with E-state index in [0.717, 1.165) is 19.5 Å². The van der Waals surface area contributed by atoms with E-state index in [9.17, 15) is 4.79 Å². The van der Waals surface area contributed by atoms with Gasteiger partial charge in [-0.1, -0.05) is 0 Å². The van der Waals surface area contributed by atoms with Crippen molar-refractivity contribution in [2.24, 2.45) is 5.41 Å². The summed E-state index contributed by atoms with van der Waals surface area (Å²) in [5.74, 6) is 0.129. The summed E-state index contributed by atoms with van der Waals surface area (Å²) >= 11 is 0. The second-order valence-electron chi connectivity index (χ2n) is 4.44. The number of aliphatic hydroxyl groups is 1. The molecule has 1 aliphatic rings. The highest BCUT2D eigenvalue weighted by atomic mass is 16.3. The van der Waals surface area contributed by atoms with Crippen molar-refractivity contribution in [1.29, 1.82) is 0 Å². The minimum Gasteiger partial charge on any atom is -0.394 e. The summed E-state index contributed by atoms with van der Waals surface area (Å²) in [5, 5.41) is 12.2. The van der Waals surface area contributed by atoms with Gasteiger partial charge in [0, 0.05) is 13.6 Å². The summed E-state index contributed by atoms with van der Waals surface area (Å²) in [6, 6.07) is -0.0973. The van der Waals surface area contributed by atoms with E-state index in [0.29, 0.717) is 0 Å². The molecule has 14 heavy (non-hydrogen) atoms. The first-order valence-corrected chi connectivity index (χ1v) is 5.10. The van der Waals surface area contributed by atoms with Gasteiger partial charge in [-0.2, -0.15) is 0 Å². The molecule has 0 bridgehead atoms. The molecule has 2 N–H and O–H groups in total. The van der Waals surface area contributed by atoms with Crippen molar-refractivity contribution in [2.45, 2.75) is 26.3 Å². The SMILES string of the molecule is CC(CO)N(C)C(=O)C1(C)CCNC1. The maximum absolute atomic E-state index is 12.0. The lowest BCUT2D eigenvalue weighted by Crippen LogP contribution is -2.46. The molecule has 4 heteroatoms. The molecule has 1 saturated heterocycles. The maximum Gasteiger partial charge on any atom is 0.229 e. The van der Waals surface area contributed by atoms with Gasteiger partial charge in [0.1, 0.15) is 0 Å². The minimum atomic E-state index is -0.280. The molecule has 1 aliphatic heterocycles. The van der Waals surface area contributed by atoms with Gasteiger partial charge in [0.25, 0.3) is 0 Å². The van der Waals surface area contributed by atoms with Gasteiger partial charge in [0.15, 0.2) is 0 Å². The molecule has 0 spiro atoms. The largest absolute Gasteiger partial charge is 0.394 e. The number of likely N-dealkylation sites (N-methyl/N-ethyl adjacent to an activating group) is 1. The fraction of sp³-hybridized carbons (Fsp3) is 0.900. The van der Waals surface area contributed by atoms with Gasteiger partial charge in [-0.15, -0.1) is 0 Å². The summed E-state index contributed by atoms with van der Waals surface area (Å²) in [6.07, 6.45) is 0.883. The Hall–Kier alpha value is -0.610. The third-order valence-electron chi connectivity index (χ3n) is 3.13. The molecule has 1 fully saturated rings. The zero-order valence-electron chi connectivity index (χ0n) is 9.21. The number of hydrogen-bond acceptors (Lipinski definition) is 3. The summed E-state index contributed by atoms with van der Waals surface area (Å²) < 4.78 is 0. The van der Waals surface area contributed by atoms with E-state index in [4.69, 9.17) is 5.11 Å². The van der Waals surface area contributed by atoms with Crippen molar-refractivity contribution in [3.05, 3.63) is 0 Å². The normalized spacial score (nSPS) is 28.9. The molecule has 0 radical (unpaired) electrons. The summed E-state index contributed by atoms with van der Waals surface area (Å²) in [6.45, 7) is 5.50. The lowest BCUT2D eigenvalue weighted by Gasteiger charge is -2.31. The Morgan fingerprint density at radius 1 is 1.71 bits per heavy atom. The lowest BCUT2D eigenvalue weighted by atomic mass is 9.88. The second-order valence-corrected chi connectivity index (χ2v) is 4.44. The fourth-order valence-corrected chi connectivity index (χ4v) is 1.75. The zero-order chi connectivity index (χ0) is 10.8. The first kappa shape index (κ1) is 11.5. The molecule has 82 valence electrons. The third-order valence-corrected chi connectivity index (χ3v) is 3.13. The highest BCUT2D eigenvalue weighted by molar-refractivity contribution is 5.83. The fourth-order valence-electron chi connectivity index (χ4n) is 1.75. The van der Waals surface area contributed by atoms with E-state index in [2.05, 4.69) is 5.32 Å². The summed E-state index contributed by atoms with van der Waals surface area (Å²) in [7, 11) is 1.76. The predicted molar refractivity (Wildman–Crippen MR) is 54.9 cm³/mol. The van der Waals surface area contributed by atoms with Crippen LogP contribution in [0.4, 0.5) is 0 Å². The van der Waals surface area contributed by atoms with Gasteiger partial charge in [0.05, 0.1) is 18.1 Å². The number of aliphatic hydroxyl groups excluding tert-OH is 1. The number of hydrogen-bond donors (Lipinski definition) is 2. The van der Waals surface area contributed by atoms with Crippen molar-refractivity contribution in [3.63, 3.8) is 0 Å². The van der Waals surface area contributed by atoms with E-state index in [1.165, 1.54) is 0 Å². The van der Waals surface area contributed by atoms with Gasteiger partial charge in [-0.05, 0) is 26.8 Å². The molecule has 0 aliphatic carbocycles. The minimum absolute atomic E-state index is 0.0196. The molecule has 4 nitrogen and oxygen atoms in total. The topological polar surface area (TPSA) is 52.6 Å².